The highest BCUT2D eigenvalue weighted by Crippen LogP contribution is 2.65. The van der Waals surface area contributed by atoms with Gasteiger partial charge in [0, 0.05) is 37.2 Å². The maximum atomic E-state index is 15.4. The van der Waals surface area contributed by atoms with Crippen molar-refractivity contribution in [2.45, 2.75) is 24.2 Å². The lowest BCUT2D eigenvalue weighted by molar-refractivity contribution is -0.392. The number of allylic oxidation sites excluding steroid dienone is 2. The normalized spacial score (nSPS) is 24.4. The number of phenolic OH excluding ortho intramolecular Hbond substituents is 1. The van der Waals surface area contributed by atoms with Crippen LogP contribution < -0.4 is 20.0 Å². The number of imide groups is 2. The zero-order valence-corrected chi connectivity index (χ0v) is 33.3. The minimum absolute atomic E-state index is 0.0575. The van der Waals surface area contributed by atoms with E-state index in [1.54, 1.807) is 30.3 Å². The number of nitro groups is 2. The summed E-state index contributed by atoms with van der Waals surface area (Å²) in [6.45, 7) is 0. The molecule has 0 aromatic heterocycles. The van der Waals surface area contributed by atoms with Gasteiger partial charge in [-0.1, -0.05) is 47.0 Å². The minimum atomic E-state index is -1.79. The van der Waals surface area contributed by atoms with Crippen molar-refractivity contribution in [1.29, 1.82) is 0 Å². The summed E-state index contributed by atoms with van der Waals surface area (Å²) in [7, 11) is 4.07. The van der Waals surface area contributed by atoms with Crippen LogP contribution in [-0.2, 0) is 24.6 Å². The zero-order chi connectivity index (χ0) is 43.1. The van der Waals surface area contributed by atoms with E-state index in [2.05, 4.69) is 5.43 Å². The number of aromatic hydroxyl groups is 1. The Morgan fingerprint density at radius 1 is 0.900 bits per heavy atom. The zero-order valence-electron chi connectivity index (χ0n) is 31.8. The first-order chi connectivity index (χ1) is 28.5. The van der Waals surface area contributed by atoms with Crippen LogP contribution in [0.4, 0.5) is 32.8 Å². The fraction of sp³-hybridized carbons (Fsp3) is 0.268. The predicted molar refractivity (Wildman–Crippen MR) is 215 cm³/mol. The molecule has 0 bridgehead atoms. The second-order valence-corrected chi connectivity index (χ2v) is 16.0. The average Bonchev–Trinajstić information content (AvgIpc) is 3.59. The molecule has 6 unspecified atom stereocenters. The number of phenols is 1. The molecule has 2 N–H and O–H groups in total. The lowest BCUT2D eigenvalue weighted by Gasteiger charge is -2.50. The molecule has 2 aliphatic heterocycles. The number of hydrogen-bond donors (Lipinski definition) is 2. The number of benzene rings is 4. The number of anilines is 3. The molecule has 2 heterocycles. The van der Waals surface area contributed by atoms with E-state index in [1.165, 1.54) is 50.4 Å². The Morgan fingerprint density at radius 2 is 1.53 bits per heavy atom. The number of ether oxygens (including phenoxy) is 1. The van der Waals surface area contributed by atoms with Crippen molar-refractivity contribution in [1.82, 2.24) is 5.01 Å². The first-order valence-electron chi connectivity index (χ1n) is 18.5. The highest BCUT2D eigenvalue weighted by Gasteiger charge is 2.70. The maximum Gasteiger partial charge on any atom is 0.301 e. The van der Waals surface area contributed by atoms with Gasteiger partial charge in [-0.3, -0.25) is 44.8 Å². The summed E-state index contributed by atoms with van der Waals surface area (Å²) in [5, 5.41) is 36.4. The SMILES string of the molecule is COc1cc(C2C3=CCC4C(=O)N(c5cc([N+](=O)[O-])c(N(C)C)c([N+](=O)[O-])c5)C(=O)C4C3CC3C(=O)N(Nc4ccc(F)cc4)C(=O)C32c2ccc(Cl)cc2)cc(Cl)c1O. The fourth-order valence-corrected chi connectivity index (χ4v) is 10.0. The number of nitrogens with one attached hydrogen (secondary N) is 1. The van der Waals surface area contributed by atoms with E-state index < -0.39 is 91.4 Å². The van der Waals surface area contributed by atoms with Crippen LogP contribution in [0.1, 0.15) is 29.9 Å². The summed E-state index contributed by atoms with van der Waals surface area (Å²) < 4.78 is 19.4. The average molecular weight is 860 g/mol. The van der Waals surface area contributed by atoms with Crippen LogP contribution in [0.5, 0.6) is 11.5 Å². The van der Waals surface area contributed by atoms with Gasteiger partial charge in [0.2, 0.25) is 11.8 Å². The number of fused-ring (bicyclic) bond motifs is 4. The van der Waals surface area contributed by atoms with E-state index in [0.29, 0.717) is 21.7 Å². The topological polar surface area (TPSA) is 206 Å². The molecule has 2 saturated heterocycles. The van der Waals surface area contributed by atoms with Crippen molar-refractivity contribution < 1.29 is 43.3 Å². The van der Waals surface area contributed by atoms with Gasteiger partial charge < -0.3 is 14.7 Å². The quantitative estimate of drug-likeness (QED) is 0.0762. The van der Waals surface area contributed by atoms with E-state index in [4.69, 9.17) is 27.9 Å². The van der Waals surface area contributed by atoms with Crippen molar-refractivity contribution in [2.75, 3.05) is 36.4 Å². The van der Waals surface area contributed by atoms with Crippen molar-refractivity contribution in [3.05, 3.63) is 132 Å². The smallest absolute Gasteiger partial charge is 0.301 e. The van der Waals surface area contributed by atoms with E-state index in [1.807, 2.05) is 0 Å². The van der Waals surface area contributed by atoms with Crippen molar-refractivity contribution in [3.63, 3.8) is 0 Å². The van der Waals surface area contributed by atoms with Gasteiger partial charge in [-0.25, -0.2) is 9.29 Å². The first kappa shape index (κ1) is 40.2. The molecule has 1 saturated carbocycles. The fourth-order valence-electron chi connectivity index (χ4n) is 9.66. The number of methoxy groups -OCH3 is 1. The monoisotopic (exact) mass is 858 g/mol. The van der Waals surface area contributed by atoms with E-state index >= 15 is 4.79 Å². The Kier molecular flexibility index (Phi) is 9.78. The largest absolute Gasteiger partial charge is 0.503 e. The molecule has 0 radical (unpaired) electrons. The van der Waals surface area contributed by atoms with Crippen LogP contribution in [-0.4, -0.2) is 64.8 Å². The lowest BCUT2D eigenvalue weighted by atomic mass is 9.49. The van der Waals surface area contributed by atoms with E-state index in [0.717, 1.165) is 34.2 Å². The molecular formula is C41H33Cl2FN6O10. The van der Waals surface area contributed by atoms with E-state index in [-0.39, 0.29) is 40.7 Å². The molecular weight excluding hydrogens is 826 g/mol. The summed E-state index contributed by atoms with van der Waals surface area (Å²) in [6, 6.07) is 16.1. The van der Waals surface area contributed by atoms with Crippen LogP contribution in [0.2, 0.25) is 10.0 Å². The van der Waals surface area contributed by atoms with Crippen LogP contribution >= 0.6 is 23.2 Å². The number of amides is 4. The number of halogens is 3. The Balaban J connectivity index is 1.33. The molecule has 4 aliphatic rings. The number of nitro benzene ring substituents is 2. The van der Waals surface area contributed by atoms with Gasteiger partial charge in [-0.15, -0.1) is 0 Å². The molecule has 308 valence electrons. The molecule has 0 spiro atoms. The van der Waals surface area contributed by atoms with Gasteiger partial charge in [-0.2, -0.15) is 5.01 Å². The van der Waals surface area contributed by atoms with Gasteiger partial charge >= 0.3 is 11.4 Å². The van der Waals surface area contributed by atoms with Crippen LogP contribution in [0, 0.1) is 49.7 Å². The molecule has 16 nitrogen and oxygen atoms in total. The molecule has 19 heteroatoms. The van der Waals surface area contributed by atoms with E-state index in [9.17, 15) is 44.1 Å². The van der Waals surface area contributed by atoms with Crippen molar-refractivity contribution >= 4 is 75.3 Å². The number of rotatable bonds is 9. The first-order valence-corrected chi connectivity index (χ1v) is 19.2. The highest BCUT2D eigenvalue weighted by molar-refractivity contribution is 6.32. The van der Waals surface area contributed by atoms with Gasteiger partial charge in [-0.05, 0) is 78.4 Å². The molecule has 6 atom stereocenters. The second-order valence-electron chi connectivity index (χ2n) is 15.2. The lowest BCUT2D eigenvalue weighted by Crippen LogP contribution is -2.53. The molecule has 4 aromatic carbocycles. The van der Waals surface area contributed by atoms with Gasteiger partial charge in [0.25, 0.3) is 11.8 Å². The Hall–Kier alpha value is -6.59. The van der Waals surface area contributed by atoms with Crippen LogP contribution in [0.25, 0.3) is 0 Å². The predicted octanol–water partition coefficient (Wildman–Crippen LogP) is 6.92. The maximum absolute atomic E-state index is 15.4. The number of nitrogens with zero attached hydrogens (tertiary/aromatic N) is 5. The van der Waals surface area contributed by atoms with Crippen LogP contribution in [0.15, 0.2) is 84.4 Å². The summed E-state index contributed by atoms with van der Waals surface area (Å²) in [5.41, 5.74) is 0.316. The molecule has 3 fully saturated rings. The number of carbonyl (C=O) groups excluding carboxylic acids is 4. The summed E-state index contributed by atoms with van der Waals surface area (Å²) in [4.78, 5) is 84.2. The Morgan fingerprint density at radius 3 is 2.12 bits per heavy atom. The number of hydrogen-bond acceptors (Lipinski definition) is 12. The summed E-state index contributed by atoms with van der Waals surface area (Å²) >= 11 is 13.0. The Bertz CT molecular complexity index is 2550. The highest BCUT2D eigenvalue weighted by atomic mass is 35.5. The molecule has 4 amide bonds. The van der Waals surface area contributed by atoms with Gasteiger partial charge in [0.1, 0.15) is 5.82 Å². The summed E-state index contributed by atoms with van der Waals surface area (Å²) in [6.07, 6.45) is 1.52. The number of hydrazine groups is 1. The summed E-state index contributed by atoms with van der Waals surface area (Å²) in [5.74, 6) is -9.53. The Labute approximate surface area is 350 Å². The number of carbonyl (C=O) groups is 4. The molecule has 4 aromatic rings. The molecule has 8 rings (SSSR count). The van der Waals surface area contributed by atoms with Gasteiger partial charge in [0.15, 0.2) is 17.2 Å². The third kappa shape index (κ3) is 5.93. The minimum Gasteiger partial charge on any atom is -0.503 e. The van der Waals surface area contributed by atoms with Crippen LogP contribution in [0.3, 0.4) is 0 Å². The third-order valence-electron chi connectivity index (χ3n) is 12.0. The second kappa shape index (κ2) is 14.6. The molecule has 2 aliphatic carbocycles. The molecule has 60 heavy (non-hydrogen) atoms. The standard InChI is InChI=1S/C41H33Cl2FN6O10/c1-46(2)35-30(49(56)57)16-24(17-31(35)50(58)59)47-37(52)26-13-12-25-27(33(26)39(47)54)18-28-38(53)48(45-23-10-8-22(44)9-11-23)40(55)41(28,20-4-6-21(42)7-5-20)34(25)19-14-29(43)36(51)32(15-19)60-3/h4-12,14-17,26-28,33-34,45,51H,13,18H2,1-3H3. The van der Waals surface area contributed by atoms with Crippen molar-refractivity contribution in [2.24, 2.45) is 23.7 Å². The van der Waals surface area contributed by atoms with Crippen molar-refractivity contribution in [3.8, 4) is 11.5 Å². The third-order valence-corrected chi connectivity index (χ3v) is 12.6. The van der Waals surface area contributed by atoms with Gasteiger partial charge in [0.05, 0.1) is 56.5 Å².